The Kier molecular flexibility index (Phi) is 3.69. The highest BCUT2D eigenvalue weighted by Crippen LogP contribution is 2.38. The smallest absolute Gasteiger partial charge is 0.277 e. The number of rotatable bonds is 3. The summed E-state index contributed by atoms with van der Waals surface area (Å²) in [7, 11) is 0. The number of aromatic nitrogens is 1. The van der Waals surface area contributed by atoms with Gasteiger partial charge in [-0.2, -0.15) is 0 Å². The average molecular weight is 364 g/mol. The van der Waals surface area contributed by atoms with Gasteiger partial charge in [0, 0.05) is 23.3 Å². The van der Waals surface area contributed by atoms with Crippen molar-refractivity contribution in [3.8, 4) is 16.8 Å². The maximum atomic E-state index is 11.7. The summed E-state index contributed by atoms with van der Waals surface area (Å²) < 4.78 is 2.12. The van der Waals surface area contributed by atoms with Crippen molar-refractivity contribution in [2.24, 2.45) is 0 Å². The Morgan fingerprint density at radius 3 is 2.36 bits per heavy atom. The highest BCUT2D eigenvalue weighted by Gasteiger charge is 2.19. The number of hydrogen-bond donors (Lipinski definition) is 0. The highest BCUT2D eigenvalue weighted by molar-refractivity contribution is 6.02. The molecule has 0 aliphatic heterocycles. The van der Waals surface area contributed by atoms with Gasteiger partial charge >= 0.3 is 0 Å². The Labute approximate surface area is 161 Å². The van der Waals surface area contributed by atoms with Crippen LogP contribution in [0.3, 0.4) is 0 Å². The van der Waals surface area contributed by atoms with Gasteiger partial charge in [0.1, 0.15) is 0 Å². The van der Waals surface area contributed by atoms with Crippen LogP contribution in [-0.2, 0) is 0 Å². The van der Waals surface area contributed by atoms with Gasteiger partial charge in [0.15, 0.2) is 0 Å². The third-order valence-corrected chi connectivity index (χ3v) is 5.12. The Balaban J connectivity index is 1.75. The lowest BCUT2D eigenvalue weighted by molar-refractivity contribution is -0.384. The fourth-order valence-corrected chi connectivity index (χ4v) is 3.83. The highest BCUT2D eigenvalue weighted by atomic mass is 16.6. The molecule has 0 fully saturated rings. The first-order chi connectivity index (χ1) is 13.7. The van der Waals surface area contributed by atoms with Gasteiger partial charge in [0.2, 0.25) is 0 Å². The molecule has 0 bridgehead atoms. The first-order valence-electron chi connectivity index (χ1n) is 9.05. The molecule has 134 valence electrons. The summed E-state index contributed by atoms with van der Waals surface area (Å²) >= 11 is 0. The molecule has 5 aromatic rings. The number of nitro benzene ring substituents is 1. The zero-order valence-electron chi connectivity index (χ0n) is 14.9. The van der Waals surface area contributed by atoms with Crippen molar-refractivity contribution < 1.29 is 4.92 Å². The number of fused-ring (bicyclic) bond motifs is 2. The molecule has 4 aromatic carbocycles. The van der Waals surface area contributed by atoms with E-state index in [0.29, 0.717) is 5.56 Å². The Hall–Kier alpha value is -3.92. The molecule has 28 heavy (non-hydrogen) atoms. The molecular formula is C24H16N2O2. The van der Waals surface area contributed by atoms with Crippen molar-refractivity contribution in [3.05, 3.63) is 107 Å². The van der Waals surface area contributed by atoms with E-state index in [2.05, 4.69) is 16.7 Å². The molecule has 0 atom stereocenters. The second kappa shape index (κ2) is 6.35. The van der Waals surface area contributed by atoms with Gasteiger partial charge in [0.25, 0.3) is 5.69 Å². The van der Waals surface area contributed by atoms with Crippen LogP contribution in [0.2, 0.25) is 0 Å². The van der Waals surface area contributed by atoms with Gasteiger partial charge in [-0.05, 0) is 52.7 Å². The van der Waals surface area contributed by atoms with E-state index >= 15 is 0 Å². The van der Waals surface area contributed by atoms with E-state index in [4.69, 9.17) is 0 Å². The molecule has 5 rings (SSSR count). The van der Waals surface area contributed by atoms with E-state index in [1.807, 2.05) is 72.9 Å². The summed E-state index contributed by atoms with van der Waals surface area (Å²) in [5, 5.41) is 14.6. The fraction of sp³-hybridized carbons (Fsp3) is 0. The van der Waals surface area contributed by atoms with E-state index in [-0.39, 0.29) is 10.6 Å². The largest absolute Gasteiger partial charge is 0.317 e. The molecule has 0 N–H and O–H groups in total. The lowest BCUT2D eigenvalue weighted by atomic mass is 9.95. The van der Waals surface area contributed by atoms with Crippen LogP contribution in [0.1, 0.15) is 0 Å². The standard InChI is InChI=1S/C24H16N2O2/c27-26(28)23-13-10-17-6-4-5-9-21(17)24(23)19-11-12-22-18(16-19)14-15-25(22)20-7-2-1-3-8-20/h1-16H. The third-order valence-electron chi connectivity index (χ3n) is 5.12. The molecule has 1 aromatic heterocycles. The molecule has 4 nitrogen and oxygen atoms in total. The predicted octanol–water partition coefficient (Wildman–Crippen LogP) is 6.36. The molecule has 0 radical (unpaired) electrons. The van der Waals surface area contributed by atoms with E-state index in [1.54, 1.807) is 12.1 Å². The zero-order valence-corrected chi connectivity index (χ0v) is 14.9. The van der Waals surface area contributed by atoms with E-state index < -0.39 is 0 Å². The molecule has 0 aliphatic rings. The SMILES string of the molecule is O=[N+]([O-])c1ccc2ccccc2c1-c1ccc2c(ccn2-c2ccccc2)c1. The van der Waals surface area contributed by atoms with E-state index in [1.165, 1.54) is 0 Å². The topological polar surface area (TPSA) is 48.1 Å². The summed E-state index contributed by atoms with van der Waals surface area (Å²) in [5.41, 5.74) is 3.79. The first kappa shape index (κ1) is 16.3. The van der Waals surface area contributed by atoms with Crippen LogP contribution in [0.15, 0.2) is 97.2 Å². The van der Waals surface area contributed by atoms with E-state index in [9.17, 15) is 10.1 Å². The van der Waals surface area contributed by atoms with Crippen LogP contribution in [0.4, 0.5) is 5.69 Å². The Morgan fingerprint density at radius 2 is 1.54 bits per heavy atom. The molecule has 0 spiro atoms. The predicted molar refractivity (Wildman–Crippen MR) is 113 cm³/mol. The Morgan fingerprint density at radius 1 is 0.750 bits per heavy atom. The zero-order chi connectivity index (χ0) is 19.1. The van der Waals surface area contributed by atoms with Gasteiger partial charge in [-0.15, -0.1) is 0 Å². The number of hydrogen-bond acceptors (Lipinski definition) is 2. The molecule has 0 amide bonds. The maximum absolute atomic E-state index is 11.7. The minimum Gasteiger partial charge on any atom is -0.317 e. The van der Waals surface area contributed by atoms with Gasteiger partial charge in [-0.1, -0.05) is 48.5 Å². The van der Waals surface area contributed by atoms with Crippen molar-refractivity contribution in [1.82, 2.24) is 4.57 Å². The first-order valence-corrected chi connectivity index (χ1v) is 9.05. The molecule has 0 saturated heterocycles. The van der Waals surface area contributed by atoms with Crippen molar-refractivity contribution in [1.29, 1.82) is 0 Å². The van der Waals surface area contributed by atoms with Crippen LogP contribution in [0.25, 0.3) is 38.5 Å². The number of nitro groups is 1. The quantitative estimate of drug-likeness (QED) is 0.276. The van der Waals surface area contributed by atoms with Crippen LogP contribution < -0.4 is 0 Å². The van der Waals surface area contributed by atoms with Crippen LogP contribution >= 0.6 is 0 Å². The Bertz CT molecular complexity index is 1340. The van der Waals surface area contributed by atoms with Crippen molar-refractivity contribution in [2.45, 2.75) is 0 Å². The molecule has 0 unspecified atom stereocenters. The lowest BCUT2D eigenvalue weighted by Crippen LogP contribution is -1.94. The summed E-state index contributed by atoms with van der Waals surface area (Å²) in [6.45, 7) is 0. The van der Waals surface area contributed by atoms with Crippen LogP contribution in [0, 0.1) is 10.1 Å². The lowest BCUT2D eigenvalue weighted by Gasteiger charge is -2.10. The summed E-state index contributed by atoms with van der Waals surface area (Å²) in [6.07, 6.45) is 2.03. The van der Waals surface area contributed by atoms with Crippen molar-refractivity contribution in [2.75, 3.05) is 0 Å². The molecule has 1 heterocycles. The minimum absolute atomic E-state index is 0.126. The summed E-state index contributed by atoms with van der Waals surface area (Å²) in [6, 6.07) is 29.4. The average Bonchev–Trinajstić information content (AvgIpc) is 3.16. The second-order valence-corrected chi connectivity index (χ2v) is 6.73. The third kappa shape index (κ3) is 2.55. The molecule has 0 aliphatic carbocycles. The van der Waals surface area contributed by atoms with Gasteiger partial charge in [-0.25, -0.2) is 0 Å². The maximum Gasteiger partial charge on any atom is 0.277 e. The summed E-state index contributed by atoms with van der Waals surface area (Å²) in [4.78, 5) is 11.4. The monoisotopic (exact) mass is 364 g/mol. The number of para-hydroxylation sites is 1. The minimum atomic E-state index is -0.304. The number of benzene rings is 4. The van der Waals surface area contributed by atoms with Gasteiger partial charge in [0.05, 0.1) is 16.0 Å². The summed E-state index contributed by atoms with van der Waals surface area (Å²) in [5.74, 6) is 0. The molecular weight excluding hydrogens is 348 g/mol. The van der Waals surface area contributed by atoms with Crippen LogP contribution in [0.5, 0.6) is 0 Å². The van der Waals surface area contributed by atoms with Crippen molar-refractivity contribution >= 4 is 27.4 Å². The van der Waals surface area contributed by atoms with Crippen LogP contribution in [-0.4, -0.2) is 9.49 Å². The second-order valence-electron chi connectivity index (χ2n) is 6.73. The van der Waals surface area contributed by atoms with Gasteiger partial charge < -0.3 is 4.57 Å². The van der Waals surface area contributed by atoms with Gasteiger partial charge in [-0.3, -0.25) is 10.1 Å². The molecule has 0 saturated carbocycles. The fourth-order valence-electron chi connectivity index (χ4n) is 3.83. The molecule has 4 heteroatoms. The van der Waals surface area contributed by atoms with Crippen molar-refractivity contribution in [3.63, 3.8) is 0 Å². The normalized spacial score (nSPS) is 11.1. The van der Waals surface area contributed by atoms with E-state index in [0.717, 1.165) is 32.9 Å². The number of nitrogens with zero attached hydrogens (tertiary/aromatic N) is 2.